The fourth-order valence-electron chi connectivity index (χ4n) is 2.66. The van der Waals surface area contributed by atoms with Crippen LogP contribution in [0.5, 0.6) is 0 Å². The zero-order chi connectivity index (χ0) is 16.9. The number of ether oxygens (including phenoxy) is 1. The van der Waals surface area contributed by atoms with E-state index in [1.54, 1.807) is 11.0 Å². The first-order valence-electron chi connectivity index (χ1n) is 7.62. The van der Waals surface area contributed by atoms with Crippen molar-refractivity contribution in [3.63, 3.8) is 0 Å². The van der Waals surface area contributed by atoms with E-state index < -0.39 is 11.7 Å². The van der Waals surface area contributed by atoms with E-state index in [2.05, 4.69) is 4.90 Å². The number of hydrogen-bond donors (Lipinski definition) is 0. The molecule has 0 aromatic heterocycles. The lowest BCUT2D eigenvalue weighted by Gasteiger charge is -2.37. The van der Waals surface area contributed by atoms with Gasteiger partial charge in [0, 0.05) is 45.0 Å². The van der Waals surface area contributed by atoms with E-state index in [0.717, 1.165) is 12.6 Å². The van der Waals surface area contributed by atoms with Crippen molar-refractivity contribution < 1.29 is 17.9 Å². The van der Waals surface area contributed by atoms with Crippen LogP contribution in [0.3, 0.4) is 0 Å². The van der Waals surface area contributed by atoms with Gasteiger partial charge in [0.05, 0.1) is 23.8 Å². The van der Waals surface area contributed by atoms with Crippen molar-refractivity contribution in [3.05, 3.63) is 29.3 Å². The third-order valence-corrected chi connectivity index (χ3v) is 3.90. The van der Waals surface area contributed by atoms with E-state index in [-0.39, 0.29) is 11.3 Å². The highest BCUT2D eigenvalue weighted by atomic mass is 19.4. The molecule has 1 fully saturated rings. The average Bonchev–Trinajstić information content (AvgIpc) is 2.54. The predicted octanol–water partition coefficient (Wildman–Crippen LogP) is 2.74. The summed E-state index contributed by atoms with van der Waals surface area (Å²) in [6.45, 7) is 6.49. The number of alkyl halides is 3. The lowest BCUT2D eigenvalue weighted by atomic mass is 10.1. The summed E-state index contributed by atoms with van der Waals surface area (Å²) in [6, 6.07) is 5.53. The third-order valence-electron chi connectivity index (χ3n) is 3.90. The molecule has 0 atom stereocenters. The van der Waals surface area contributed by atoms with E-state index in [4.69, 9.17) is 10.00 Å². The number of anilines is 1. The van der Waals surface area contributed by atoms with Gasteiger partial charge in [-0.2, -0.15) is 18.4 Å². The molecule has 0 bridgehead atoms. The molecule has 2 rings (SSSR count). The quantitative estimate of drug-likeness (QED) is 0.780. The molecule has 0 saturated carbocycles. The number of nitrogens with zero attached hydrogens (tertiary/aromatic N) is 3. The number of rotatable bonds is 5. The SMILES string of the molecule is CCOCCN1CCN(c2ccc(C#N)cc2C(F)(F)F)CC1. The Morgan fingerprint density at radius 3 is 2.48 bits per heavy atom. The van der Waals surface area contributed by atoms with Crippen LogP contribution < -0.4 is 4.90 Å². The molecule has 126 valence electrons. The molecule has 0 unspecified atom stereocenters. The summed E-state index contributed by atoms with van der Waals surface area (Å²) in [6.07, 6.45) is -4.46. The molecular formula is C16H20F3N3O. The number of halogens is 3. The Bertz CT molecular complexity index is 561. The molecule has 0 spiro atoms. The standard InChI is InChI=1S/C16H20F3N3O/c1-2-23-10-9-21-5-7-22(8-6-21)15-4-3-13(12-20)11-14(15)16(17,18)19/h3-4,11H,2,5-10H2,1H3. The van der Waals surface area contributed by atoms with Crippen LogP contribution in [0, 0.1) is 11.3 Å². The van der Waals surface area contributed by atoms with E-state index in [1.807, 2.05) is 6.92 Å². The Morgan fingerprint density at radius 1 is 1.22 bits per heavy atom. The molecule has 23 heavy (non-hydrogen) atoms. The van der Waals surface area contributed by atoms with Crippen LogP contribution in [0.25, 0.3) is 0 Å². The van der Waals surface area contributed by atoms with Crippen LogP contribution in [-0.2, 0) is 10.9 Å². The van der Waals surface area contributed by atoms with Crippen molar-refractivity contribution >= 4 is 5.69 Å². The van der Waals surface area contributed by atoms with E-state index in [0.29, 0.717) is 39.4 Å². The Hall–Kier alpha value is -1.78. The van der Waals surface area contributed by atoms with Gasteiger partial charge in [0.1, 0.15) is 0 Å². The third kappa shape index (κ3) is 4.60. The highest BCUT2D eigenvalue weighted by molar-refractivity contribution is 5.58. The second kappa shape index (κ2) is 7.66. The van der Waals surface area contributed by atoms with Crippen LogP contribution >= 0.6 is 0 Å². The highest BCUT2D eigenvalue weighted by Crippen LogP contribution is 2.37. The monoisotopic (exact) mass is 327 g/mol. The van der Waals surface area contributed by atoms with Gasteiger partial charge in [0.25, 0.3) is 0 Å². The van der Waals surface area contributed by atoms with Crippen molar-refractivity contribution in [1.29, 1.82) is 5.26 Å². The van der Waals surface area contributed by atoms with Crippen LogP contribution in [0.15, 0.2) is 18.2 Å². The van der Waals surface area contributed by atoms with Gasteiger partial charge < -0.3 is 9.64 Å². The first-order valence-corrected chi connectivity index (χ1v) is 7.62. The summed E-state index contributed by atoms with van der Waals surface area (Å²) in [7, 11) is 0. The van der Waals surface area contributed by atoms with Gasteiger partial charge in [-0.3, -0.25) is 4.90 Å². The summed E-state index contributed by atoms with van der Waals surface area (Å²) in [4.78, 5) is 3.92. The maximum Gasteiger partial charge on any atom is 0.418 e. The van der Waals surface area contributed by atoms with Crippen molar-refractivity contribution in [3.8, 4) is 6.07 Å². The first kappa shape index (κ1) is 17.6. The number of hydrogen-bond acceptors (Lipinski definition) is 4. The first-order chi connectivity index (χ1) is 11.0. The zero-order valence-electron chi connectivity index (χ0n) is 13.1. The molecule has 0 radical (unpaired) electrons. The average molecular weight is 327 g/mol. The summed E-state index contributed by atoms with van der Waals surface area (Å²) in [5, 5.41) is 8.82. The van der Waals surface area contributed by atoms with Gasteiger partial charge in [-0.25, -0.2) is 0 Å². The topological polar surface area (TPSA) is 39.5 Å². The summed E-state index contributed by atoms with van der Waals surface area (Å²) < 4.78 is 45.0. The molecule has 0 N–H and O–H groups in total. The van der Waals surface area contributed by atoms with E-state index >= 15 is 0 Å². The minimum atomic E-state index is -4.46. The fraction of sp³-hybridized carbons (Fsp3) is 0.562. The summed E-state index contributed by atoms with van der Waals surface area (Å²) in [5.41, 5.74) is -0.559. The van der Waals surface area contributed by atoms with Gasteiger partial charge in [-0.15, -0.1) is 0 Å². The molecule has 0 aliphatic carbocycles. The van der Waals surface area contributed by atoms with Crippen molar-refractivity contribution in [2.45, 2.75) is 13.1 Å². The zero-order valence-corrected chi connectivity index (χ0v) is 13.1. The largest absolute Gasteiger partial charge is 0.418 e. The lowest BCUT2D eigenvalue weighted by Crippen LogP contribution is -2.47. The van der Waals surface area contributed by atoms with E-state index in [1.165, 1.54) is 12.1 Å². The molecule has 1 heterocycles. The normalized spacial score (nSPS) is 16.4. The Balaban J connectivity index is 2.07. The van der Waals surface area contributed by atoms with Gasteiger partial charge in [-0.1, -0.05) is 0 Å². The minimum Gasteiger partial charge on any atom is -0.380 e. The van der Waals surface area contributed by atoms with Gasteiger partial charge in [0.15, 0.2) is 0 Å². The van der Waals surface area contributed by atoms with Crippen LogP contribution in [0.4, 0.5) is 18.9 Å². The number of benzene rings is 1. The molecule has 7 heteroatoms. The molecule has 1 saturated heterocycles. The fourth-order valence-corrected chi connectivity index (χ4v) is 2.66. The van der Waals surface area contributed by atoms with Crippen LogP contribution in [0.2, 0.25) is 0 Å². The van der Waals surface area contributed by atoms with Crippen molar-refractivity contribution in [2.24, 2.45) is 0 Å². The molecular weight excluding hydrogens is 307 g/mol. The Labute approximate surface area is 134 Å². The van der Waals surface area contributed by atoms with Crippen molar-refractivity contribution in [1.82, 2.24) is 4.90 Å². The molecule has 1 aromatic carbocycles. The number of nitriles is 1. The second-order valence-corrected chi connectivity index (χ2v) is 5.37. The Morgan fingerprint density at radius 2 is 1.91 bits per heavy atom. The van der Waals surface area contributed by atoms with Crippen molar-refractivity contribution in [2.75, 3.05) is 50.8 Å². The molecule has 1 aromatic rings. The smallest absolute Gasteiger partial charge is 0.380 e. The maximum atomic E-state index is 13.2. The second-order valence-electron chi connectivity index (χ2n) is 5.37. The van der Waals surface area contributed by atoms with Crippen LogP contribution in [-0.4, -0.2) is 50.8 Å². The van der Waals surface area contributed by atoms with E-state index in [9.17, 15) is 13.2 Å². The number of piperazine rings is 1. The maximum absolute atomic E-state index is 13.2. The predicted molar refractivity (Wildman–Crippen MR) is 81.3 cm³/mol. The molecule has 4 nitrogen and oxygen atoms in total. The minimum absolute atomic E-state index is 0.0245. The molecule has 1 aliphatic heterocycles. The lowest BCUT2D eigenvalue weighted by molar-refractivity contribution is -0.137. The molecule has 0 amide bonds. The summed E-state index contributed by atoms with van der Waals surface area (Å²) in [5.74, 6) is 0. The highest BCUT2D eigenvalue weighted by Gasteiger charge is 2.35. The van der Waals surface area contributed by atoms with Gasteiger partial charge in [0.2, 0.25) is 0 Å². The summed E-state index contributed by atoms with van der Waals surface area (Å²) >= 11 is 0. The Kier molecular flexibility index (Phi) is 5.85. The van der Waals surface area contributed by atoms with Gasteiger partial charge >= 0.3 is 6.18 Å². The molecule has 1 aliphatic rings. The van der Waals surface area contributed by atoms with Crippen LogP contribution in [0.1, 0.15) is 18.1 Å². The van der Waals surface area contributed by atoms with Gasteiger partial charge in [-0.05, 0) is 25.1 Å².